The summed E-state index contributed by atoms with van der Waals surface area (Å²) in [6.07, 6.45) is 7.21. The van der Waals surface area contributed by atoms with Gasteiger partial charge in [-0.25, -0.2) is 15.0 Å². The molecule has 0 aromatic heterocycles. The zero-order valence-electron chi connectivity index (χ0n) is 7.79. The number of thioether (sulfide) groups is 1. The van der Waals surface area contributed by atoms with Gasteiger partial charge in [-0.15, -0.1) is 11.8 Å². The van der Waals surface area contributed by atoms with Gasteiger partial charge in [0.1, 0.15) is 17.7 Å². The lowest BCUT2D eigenvalue weighted by atomic mass is 10.3. The van der Waals surface area contributed by atoms with Gasteiger partial charge < -0.3 is 0 Å². The van der Waals surface area contributed by atoms with Gasteiger partial charge in [0.2, 0.25) is 0 Å². The van der Waals surface area contributed by atoms with Gasteiger partial charge in [0.15, 0.2) is 11.9 Å². The van der Waals surface area contributed by atoms with Crippen molar-refractivity contribution < 1.29 is 0 Å². The molecule has 0 aromatic carbocycles. The number of fused-ring (bicyclic) bond motifs is 1. The van der Waals surface area contributed by atoms with Crippen molar-refractivity contribution in [1.82, 2.24) is 0 Å². The second-order valence-electron chi connectivity index (χ2n) is 2.75. The highest BCUT2D eigenvalue weighted by molar-refractivity contribution is 8.14. The van der Waals surface area contributed by atoms with Crippen molar-refractivity contribution in [1.29, 1.82) is 0 Å². The van der Waals surface area contributed by atoms with Crippen LogP contribution in [0.15, 0.2) is 32.1 Å². The van der Waals surface area contributed by atoms with Crippen molar-refractivity contribution in [3.8, 4) is 0 Å². The molecule has 1 unspecified atom stereocenters. The summed E-state index contributed by atoms with van der Waals surface area (Å²) in [6.45, 7) is 2.01. The van der Waals surface area contributed by atoms with Crippen LogP contribution in [0.25, 0.3) is 0 Å². The smallest absolute Gasteiger partial charge is 0.163 e. The average molecular weight is 206 g/mol. The Morgan fingerprint density at radius 1 is 1.43 bits per heavy atom. The number of hydrogen-bond acceptors (Lipinski definition) is 5. The molecule has 0 aromatic rings. The number of aliphatic imine (C=N–C) groups is 4. The van der Waals surface area contributed by atoms with E-state index in [9.17, 15) is 0 Å². The largest absolute Gasteiger partial charge is 0.255 e. The van der Waals surface area contributed by atoms with Crippen molar-refractivity contribution in [3.63, 3.8) is 0 Å². The van der Waals surface area contributed by atoms with Crippen LogP contribution in [0.2, 0.25) is 0 Å². The maximum atomic E-state index is 4.20. The van der Waals surface area contributed by atoms with E-state index in [1.165, 1.54) is 0 Å². The van der Waals surface area contributed by atoms with Gasteiger partial charge in [0.05, 0.1) is 0 Å². The molecule has 0 amide bonds. The fourth-order valence-electron chi connectivity index (χ4n) is 1.14. The Hall–Kier alpha value is -1.23. The summed E-state index contributed by atoms with van der Waals surface area (Å²) in [4.78, 5) is 16.5. The minimum absolute atomic E-state index is 0.0461. The molecule has 0 N–H and O–H groups in total. The Morgan fingerprint density at radius 3 is 3.21 bits per heavy atom. The first-order valence-electron chi connectivity index (χ1n) is 4.35. The summed E-state index contributed by atoms with van der Waals surface area (Å²) in [5.74, 6) is 1.67. The van der Waals surface area contributed by atoms with E-state index < -0.39 is 0 Å². The van der Waals surface area contributed by atoms with Gasteiger partial charge >= 0.3 is 0 Å². The highest BCUT2D eigenvalue weighted by Gasteiger charge is 2.25. The van der Waals surface area contributed by atoms with E-state index in [0.717, 1.165) is 16.6 Å². The summed E-state index contributed by atoms with van der Waals surface area (Å²) in [7, 11) is 0. The molecule has 0 fully saturated rings. The summed E-state index contributed by atoms with van der Waals surface area (Å²) in [5, 5.41) is 0.977. The zero-order chi connectivity index (χ0) is 9.80. The Morgan fingerprint density at radius 2 is 2.36 bits per heavy atom. The zero-order valence-corrected chi connectivity index (χ0v) is 8.61. The van der Waals surface area contributed by atoms with Crippen molar-refractivity contribution in [2.45, 2.75) is 13.0 Å². The van der Waals surface area contributed by atoms with Crippen LogP contribution in [0.1, 0.15) is 6.92 Å². The highest BCUT2D eigenvalue weighted by atomic mass is 32.2. The molecule has 14 heavy (non-hydrogen) atoms. The molecule has 2 aliphatic heterocycles. The lowest BCUT2D eigenvalue weighted by Crippen LogP contribution is -2.25. The molecular weight excluding hydrogens is 196 g/mol. The van der Waals surface area contributed by atoms with Crippen molar-refractivity contribution >= 4 is 35.3 Å². The predicted octanol–water partition coefficient (Wildman–Crippen LogP) is 1.55. The van der Waals surface area contributed by atoms with Crippen LogP contribution in [-0.4, -0.2) is 35.4 Å². The van der Waals surface area contributed by atoms with Crippen LogP contribution in [0.3, 0.4) is 0 Å². The molecule has 1 atom stereocenters. The first-order valence-corrected chi connectivity index (χ1v) is 5.34. The van der Waals surface area contributed by atoms with Crippen molar-refractivity contribution in [2.75, 3.05) is 5.75 Å². The molecule has 0 bridgehead atoms. The van der Waals surface area contributed by atoms with Crippen LogP contribution in [0.4, 0.5) is 0 Å². The van der Waals surface area contributed by atoms with E-state index in [1.54, 1.807) is 24.4 Å². The minimum atomic E-state index is -0.0461. The molecule has 0 radical (unpaired) electrons. The topological polar surface area (TPSA) is 49.4 Å². The highest BCUT2D eigenvalue weighted by Crippen LogP contribution is 2.17. The fraction of sp³-hybridized carbons (Fsp3) is 0.333. The number of hydrogen-bond donors (Lipinski definition) is 0. The van der Waals surface area contributed by atoms with E-state index in [0.29, 0.717) is 0 Å². The quantitative estimate of drug-likeness (QED) is 0.632. The molecule has 5 heteroatoms. The molecule has 2 heterocycles. The van der Waals surface area contributed by atoms with Gasteiger partial charge in [-0.05, 0) is 6.92 Å². The fourth-order valence-corrected chi connectivity index (χ4v) is 2.04. The molecule has 2 aliphatic rings. The first kappa shape index (κ1) is 9.33. The van der Waals surface area contributed by atoms with Gasteiger partial charge in [-0.3, -0.25) is 4.99 Å². The summed E-state index contributed by atoms with van der Waals surface area (Å²) >= 11 is 1.68. The maximum Gasteiger partial charge on any atom is 0.163 e. The number of rotatable bonds is 2. The third kappa shape index (κ3) is 1.82. The van der Waals surface area contributed by atoms with Crippen LogP contribution >= 0.6 is 11.8 Å². The first-order chi connectivity index (χ1) is 6.92. The molecule has 0 spiro atoms. The summed E-state index contributed by atoms with van der Waals surface area (Å²) < 4.78 is 0. The number of amidine groups is 1. The molecule has 0 aliphatic carbocycles. The monoisotopic (exact) mass is 206 g/mol. The van der Waals surface area contributed by atoms with E-state index in [1.807, 2.05) is 13.0 Å². The van der Waals surface area contributed by atoms with E-state index in [2.05, 4.69) is 26.0 Å². The lowest BCUT2D eigenvalue weighted by Gasteiger charge is -2.12. The van der Waals surface area contributed by atoms with Crippen LogP contribution in [0.5, 0.6) is 0 Å². The Labute approximate surface area is 86.7 Å². The number of allylic oxidation sites excluding steroid dienone is 1. The molecule has 72 valence electrons. The standard InChI is InChI=1S/C9H10N4S/c1-2-3-4-14-9-7-8(11-5-10-7)12-6-13-9/h2-3,5-7H,4H2,1H3/b3-2+. The van der Waals surface area contributed by atoms with Gasteiger partial charge in [-0.2, -0.15) is 0 Å². The lowest BCUT2D eigenvalue weighted by molar-refractivity contribution is 1.16. The third-order valence-corrected chi connectivity index (χ3v) is 2.81. The third-order valence-electron chi connectivity index (χ3n) is 1.82. The predicted molar refractivity (Wildman–Crippen MR) is 62.9 cm³/mol. The molecule has 4 nitrogen and oxygen atoms in total. The van der Waals surface area contributed by atoms with Crippen LogP contribution in [0, 0.1) is 0 Å². The van der Waals surface area contributed by atoms with Crippen LogP contribution in [-0.2, 0) is 0 Å². The SMILES string of the molecule is C/C=C/CSC1=NC=NC2=NC=NC21. The van der Waals surface area contributed by atoms with E-state index in [4.69, 9.17) is 0 Å². The van der Waals surface area contributed by atoms with Crippen molar-refractivity contribution in [2.24, 2.45) is 20.0 Å². The average Bonchev–Trinajstić information content (AvgIpc) is 2.67. The second kappa shape index (κ2) is 4.32. The normalized spacial score (nSPS) is 23.9. The second-order valence-corrected chi connectivity index (χ2v) is 3.79. The summed E-state index contributed by atoms with van der Waals surface area (Å²) in [5.41, 5.74) is 0. The summed E-state index contributed by atoms with van der Waals surface area (Å²) in [6, 6.07) is -0.0461. The van der Waals surface area contributed by atoms with E-state index >= 15 is 0 Å². The van der Waals surface area contributed by atoms with Gasteiger partial charge in [0.25, 0.3) is 0 Å². The molecular formula is C9H10N4S. The Kier molecular flexibility index (Phi) is 2.88. The minimum Gasteiger partial charge on any atom is -0.255 e. The van der Waals surface area contributed by atoms with Gasteiger partial charge in [0, 0.05) is 5.75 Å². The Bertz CT molecular complexity index is 365. The number of nitrogens with zero attached hydrogens (tertiary/aromatic N) is 4. The van der Waals surface area contributed by atoms with Crippen molar-refractivity contribution in [3.05, 3.63) is 12.2 Å². The van der Waals surface area contributed by atoms with Gasteiger partial charge in [-0.1, -0.05) is 12.2 Å². The Balaban J connectivity index is 2.04. The molecule has 0 saturated heterocycles. The molecule has 0 saturated carbocycles. The van der Waals surface area contributed by atoms with E-state index in [-0.39, 0.29) is 6.04 Å². The maximum absolute atomic E-state index is 4.20. The van der Waals surface area contributed by atoms with Crippen LogP contribution < -0.4 is 0 Å². The molecule has 2 rings (SSSR count).